The van der Waals surface area contributed by atoms with Crippen LogP contribution in [-0.2, 0) is 0 Å². The molecule has 8 nitrogen and oxygen atoms in total. The summed E-state index contributed by atoms with van der Waals surface area (Å²) in [4.78, 5) is 19.3. The fourth-order valence-electron chi connectivity index (χ4n) is 2.46. The fraction of sp³-hybridized carbons (Fsp3) is 0.769. The maximum atomic E-state index is 8.98. The van der Waals surface area contributed by atoms with Crippen molar-refractivity contribution in [2.45, 2.75) is 13.0 Å². The molecular formula is C13H25N7O. The zero-order valence-electron chi connectivity index (χ0n) is 13.0. The Morgan fingerprint density at radius 2 is 1.86 bits per heavy atom. The van der Waals surface area contributed by atoms with Crippen molar-refractivity contribution in [3.8, 4) is 0 Å². The highest BCUT2D eigenvalue weighted by Gasteiger charge is 2.24. The highest BCUT2D eigenvalue weighted by molar-refractivity contribution is 5.33. The molecule has 0 spiro atoms. The first-order chi connectivity index (χ1) is 10.0. The number of rotatable bonds is 5. The molecule has 3 N–H and O–H groups in total. The van der Waals surface area contributed by atoms with E-state index in [4.69, 9.17) is 10.8 Å². The van der Waals surface area contributed by atoms with Gasteiger partial charge in [-0.15, -0.1) is 0 Å². The van der Waals surface area contributed by atoms with Crippen LogP contribution in [0, 0.1) is 0 Å². The summed E-state index contributed by atoms with van der Waals surface area (Å²) in [5.41, 5.74) is 5.78. The summed E-state index contributed by atoms with van der Waals surface area (Å²) in [6.45, 7) is 6.82. The molecule has 118 valence electrons. The van der Waals surface area contributed by atoms with Gasteiger partial charge in [0.2, 0.25) is 11.9 Å². The summed E-state index contributed by atoms with van der Waals surface area (Å²) < 4.78 is 0. The largest absolute Gasteiger partial charge is 0.395 e. The van der Waals surface area contributed by atoms with E-state index in [-0.39, 0.29) is 18.6 Å². The molecule has 1 atom stereocenters. The van der Waals surface area contributed by atoms with Crippen molar-refractivity contribution in [3.05, 3.63) is 5.82 Å². The minimum atomic E-state index is 0.102. The molecule has 1 aliphatic heterocycles. The van der Waals surface area contributed by atoms with Gasteiger partial charge in [-0.25, -0.2) is 0 Å². The van der Waals surface area contributed by atoms with Gasteiger partial charge in [-0.2, -0.15) is 15.0 Å². The molecule has 0 radical (unpaired) electrons. The molecule has 2 heterocycles. The van der Waals surface area contributed by atoms with Crippen LogP contribution in [0.15, 0.2) is 0 Å². The van der Waals surface area contributed by atoms with Crippen LogP contribution in [0.1, 0.15) is 18.8 Å². The Bertz CT molecular complexity index is 460. The van der Waals surface area contributed by atoms with E-state index in [1.165, 1.54) is 0 Å². The molecule has 8 heteroatoms. The normalized spacial score (nSPS) is 18.7. The quantitative estimate of drug-likeness (QED) is 0.728. The Morgan fingerprint density at radius 1 is 1.19 bits per heavy atom. The lowest BCUT2D eigenvalue weighted by atomic mass is 10.2. The van der Waals surface area contributed by atoms with Crippen molar-refractivity contribution in [3.63, 3.8) is 0 Å². The molecule has 0 aliphatic carbocycles. The van der Waals surface area contributed by atoms with E-state index in [2.05, 4.69) is 31.7 Å². The molecule has 21 heavy (non-hydrogen) atoms. The maximum absolute atomic E-state index is 8.98. The second kappa shape index (κ2) is 6.97. The molecule has 0 aromatic carbocycles. The van der Waals surface area contributed by atoms with Crippen molar-refractivity contribution in [2.24, 2.45) is 0 Å². The number of piperazine rings is 1. The third-order valence-corrected chi connectivity index (χ3v) is 3.80. The summed E-state index contributed by atoms with van der Waals surface area (Å²) in [7, 11) is 3.77. The maximum Gasteiger partial charge on any atom is 0.229 e. The van der Waals surface area contributed by atoms with E-state index in [0.717, 1.165) is 32.7 Å². The average Bonchev–Trinajstić information content (AvgIpc) is 2.47. The topological polar surface area (TPSA) is 94.6 Å². The number of aliphatic hydroxyl groups excluding tert-OH is 1. The molecule has 0 unspecified atom stereocenters. The van der Waals surface area contributed by atoms with Gasteiger partial charge in [0.05, 0.1) is 12.6 Å². The molecule has 1 aromatic rings. The lowest BCUT2D eigenvalue weighted by Crippen LogP contribution is -2.48. The molecule has 1 fully saturated rings. The summed E-state index contributed by atoms with van der Waals surface area (Å²) in [6.07, 6.45) is 0. The van der Waals surface area contributed by atoms with Gasteiger partial charge in [0, 0.05) is 46.8 Å². The van der Waals surface area contributed by atoms with Gasteiger partial charge < -0.3 is 15.7 Å². The van der Waals surface area contributed by atoms with Crippen LogP contribution in [0.2, 0.25) is 0 Å². The van der Waals surface area contributed by atoms with E-state index >= 15 is 0 Å². The van der Waals surface area contributed by atoms with Gasteiger partial charge in [0.1, 0.15) is 0 Å². The first-order valence-corrected chi connectivity index (χ1v) is 7.27. The number of nitrogens with zero attached hydrogens (tertiary/aromatic N) is 6. The van der Waals surface area contributed by atoms with Crippen molar-refractivity contribution in [1.82, 2.24) is 24.8 Å². The van der Waals surface area contributed by atoms with Gasteiger partial charge in [-0.1, -0.05) is 0 Å². The Morgan fingerprint density at radius 3 is 2.43 bits per heavy atom. The van der Waals surface area contributed by atoms with E-state index < -0.39 is 0 Å². The number of aliphatic hydroxyl groups is 1. The van der Waals surface area contributed by atoms with Crippen molar-refractivity contribution in [2.75, 3.05) is 64.1 Å². The van der Waals surface area contributed by atoms with Crippen LogP contribution in [0.3, 0.4) is 0 Å². The first-order valence-electron chi connectivity index (χ1n) is 7.27. The fourth-order valence-corrected chi connectivity index (χ4v) is 2.46. The van der Waals surface area contributed by atoms with Crippen LogP contribution >= 0.6 is 0 Å². The van der Waals surface area contributed by atoms with Crippen LogP contribution < -0.4 is 10.6 Å². The summed E-state index contributed by atoms with van der Waals surface area (Å²) in [6, 6.07) is 0.102. The molecule has 1 aliphatic rings. The predicted molar refractivity (Wildman–Crippen MR) is 82.1 cm³/mol. The van der Waals surface area contributed by atoms with E-state index in [0.29, 0.717) is 11.8 Å². The molecule has 0 amide bonds. The van der Waals surface area contributed by atoms with Crippen molar-refractivity contribution >= 4 is 11.9 Å². The number of hydrogen-bond acceptors (Lipinski definition) is 8. The predicted octanol–water partition coefficient (Wildman–Crippen LogP) is -0.809. The summed E-state index contributed by atoms with van der Waals surface area (Å²) in [5.74, 6) is 1.56. The standard InChI is InChI=1S/C13H25N7O/c1-10(20-6-4-19(5-7-20)8-9-21)11-15-12(14)17-13(16-11)18(2)3/h10,21H,4-9H2,1-3H3,(H2,14,15,16,17)/t10-/m0/s1. The van der Waals surface area contributed by atoms with Crippen LogP contribution in [0.25, 0.3) is 0 Å². The third-order valence-electron chi connectivity index (χ3n) is 3.80. The molecular weight excluding hydrogens is 270 g/mol. The minimum absolute atomic E-state index is 0.102. The van der Waals surface area contributed by atoms with Gasteiger partial charge in [0.15, 0.2) is 5.82 Å². The van der Waals surface area contributed by atoms with Crippen LogP contribution in [-0.4, -0.2) is 83.3 Å². The van der Waals surface area contributed by atoms with Crippen molar-refractivity contribution < 1.29 is 5.11 Å². The van der Waals surface area contributed by atoms with Gasteiger partial charge >= 0.3 is 0 Å². The second-order valence-corrected chi connectivity index (χ2v) is 5.52. The summed E-state index contributed by atoms with van der Waals surface area (Å²) >= 11 is 0. The van der Waals surface area contributed by atoms with Gasteiger partial charge in [-0.3, -0.25) is 9.80 Å². The first kappa shape index (κ1) is 15.9. The number of aromatic nitrogens is 3. The second-order valence-electron chi connectivity index (χ2n) is 5.52. The van der Waals surface area contributed by atoms with Gasteiger partial charge in [-0.05, 0) is 6.92 Å². The SMILES string of the molecule is C[C@@H](c1nc(N)nc(N(C)C)n1)N1CCN(CCO)CC1. The van der Waals surface area contributed by atoms with E-state index in [9.17, 15) is 0 Å². The van der Waals surface area contributed by atoms with E-state index in [1.54, 1.807) is 0 Å². The number of anilines is 2. The summed E-state index contributed by atoms with van der Waals surface area (Å²) in [5, 5.41) is 8.98. The Kier molecular flexibility index (Phi) is 5.27. The molecule has 0 saturated carbocycles. The van der Waals surface area contributed by atoms with Crippen LogP contribution in [0.4, 0.5) is 11.9 Å². The lowest BCUT2D eigenvalue weighted by Gasteiger charge is -2.37. The average molecular weight is 295 g/mol. The highest BCUT2D eigenvalue weighted by atomic mass is 16.3. The number of β-amino-alcohol motifs (C(OH)–C–C–N with tert-alkyl or cyclic N) is 1. The Labute approximate surface area is 125 Å². The zero-order valence-corrected chi connectivity index (χ0v) is 13.0. The third kappa shape index (κ3) is 3.99. The van der Waals surface area contributed by atoms with E-state index in [1.807, 2.05) is 19.0 Å². The number of nitrogens with two attached hydrogens (primary N) is 1. The monoisotopic (exact) mass is 295 g/mol. The lowest BCUT2D eigenvalue weighted by molar-refractivity contribution is 0.0862. The zero-order chi connectivity index (χ0) is 15.4. The molecule has 1 saturated heterocycles. The Balaban J connectivity index is 2.05. The number of hydrogen-bond donors (Lipinski definition) is 2. The van der Waals surface area contributed by atoms with Gasteiger partial charge in [0.25, 0.3) is 0 Å². The molecule has 2 rings (SSSR count). The highest BCUT2D eigenvalue weighted by Crippen LogP contribution is 2.20. The smallest absolute Gasteiger partial charge is 0.229 e. The Hall–Kier alpha value is -1.51. The van der Waals surface area contributed by atoms with Crippen molar-refractivity contribution in [1.29, 1.82) is 0 Å². The molecule has 0 bridgehead atoms. The number of nitrogen functional groups attached to an aromatic ring is 1. The molecule has 1 aromatic heterocycles. The van der Waals surface area contributed by atoms with Crippen LogP contribution in [0.5, 0.6) is 0 Å². The minimum Gasteiger partial charge on any atom is -0.395 e.